The van der Waals surface area contributed by atoms with Gasteiger partial charge in [0.15, 0.2) is 0 Å². The largest absolute Gasteiger partial charge is 0.299 e. The molecule has 4 bridgehead atoms. The molecule has 2 unspecified atom stereocenters. The van der Waals surface area contributed by atoms with Crippen molar-refractivity contribution in [1.29, 1.82) is 0 Å². The van der Waals surface area contributed by atoms with E-state index in [1.165, 1.54) is 6.42 Å². The van der Waals surface area contributed by atoms with Gasteiger partial charge in [-0.2, -0.15) is 0 Å². The van der Waals surface area contributed by atoms with Gasteiger partial charge in [-0.3, -0.25) is 4.79 Å². The normalized spacial score (nSPS) is 62.1. The van der Waals surface area contributed by atoms with Crippen LogP contribution < -0.4 is 0 Å². The summed E-state index contributed by atoms with van der Waals surface area (Å²) in [4.78, 5) is 11.6. The van der Waals surface area contributed by atoms with Gasteiger partial charge in [0.25, 0.3) is 0 Å². The first kappa shape index (κ1) is 6.22. The van der Waals surface area contributed by atoms with E-state index >= 15 is 0 Å². The second-order valence-corrected chi connectivity index (χ2v) is 5.44. The maximum atomic E-state index is 11.6. The van der Waals surface area contributed by atoms with Crippen molar-refractivity contribution in [3.63, 3.8) is 0 Å². The maximum absolute atomic E-state index is 11.6. The fraction of sp³-hybridized carbons (Fsp3) is 0.900. The van der Waals surface area contributed by atoms with Gasteiger partial charge < -0.3 is 0 Å². The minimum atomic E-state index is 0.344. The van der Waals surface area contributed by atoms with Crippen LogP contribution in [0.15, 0.2) is 0 Å². The van der Waals surface area contributed by atoms with Gasteiger partial charge in [0.2, 0.25) is 0 Å². The average molecular weight is 150 g/mol. The molecule has 0 aromatic rings. The number of hydrogen-bond acceptors (Lipinski definition) is 1. The van der Waals surface area contributed by atoms with E-state index in [2.05, 4.69) is 20.8 Å². The van der Waals surface area contributed by atoms with Crippen molar-refractivity contribution < 1.29 is 4.79 Å². The third-order valence-electron chi connectivity index (χ3n) is 4.64. The third kappa shape index (κ3) is 0.380. The fourth-order valence-corrected chi connectivity index (χ4v) is 4.19. The third-order valence-corrected chi connectivity index (χ3v) is 4.64. The second-order valence-electron chi connectivity index (χ2n) is 5.44. The van der Waals surface area contributed by atoms with E-state index in [-0.39, 0.29) is 0 Å². The van der Waals surface area contributed by atoms with Gasteiger partial charge in [-0.05, 0) is 23.2 Å². The van der Waals surface area contributed by atoms with Gasteiger partial charge in [0, 0.05) is 11.8 Å². The van der Waals surface area contributed by atoms with E-state index in [9.17, 15) is 4.79 Å². The molecule has 0 radical (unpaired) electrons. The molecule has 0 heterocycles. The zero-order valence-corrected chi connectivity index (χ0v) is 7.35. The van der Waals surface area contributed by atoms with Crippen molar-refractivity contribution in [3.8, 4) is 0 Å². The van der Waals surface area contributed by atoms with Crippen molar-refractivity contribution in [2.24, 2.45) is 28.6 Å². The number of hydrogen-bond donors (Lipinski definition) is 0. The van der Waals surface area contributed by atoms with Crippen LogP contribution in [0.1, 0.15) is 27.2 Å². The van der Waals surface area contributed by atoms with Crippen LogP contribution in [-0.2, 0) is 4.79 Å². The summed E-state index contributed by atoms with van der Waals surface area (Å²) in [5, 5.41) is 0. The summed E-state index contributed by atoms with van der Waals surface area (Å²) in [6.07, 6.45) is 1.19. The Kier molecular flexibility index (Phi) is 0.675. The second kappa shape index (κ2) is 1.19. The topological polar surface area (TPSA) is 17.1 Å². The standard InChI is InChI=1S/C10H14O/c1-9(2)5-4-10(3)6(7(5)11)8(9)10/h5-6,8H,4H2,1-3H3/t5-,6?,8?,10-/m1/s1. The SMILES string of the molecule is CC1(C)C2C3C(=O)[C@H]1C[C@]32C. The summed E-state index contributed by atoms with van der Waals surface area (Å²) in [5.74, 6) is 2.22. The van der Waals surface area contributed by atoms with E-state index < -0.39 is 0 Å². The lowest BCUT2D eigenvalue weighted by Gasteiger charge is -2.20. The Labute approximate surface area is 67.2 Å². The molecule has 0 N–H and O–H groups in total. The quantitative estimate of drug-likeness (QED) is 0.515. The summed E-state index contributed by atoms with van der Waals surface area (Å²) < 4.78 is 0. The molecule has 0 aliphatic heterocycles. The van der Waals surface area contributed by atoms with Gasteiger partial charge >= 0.3 is 0 Å². The van der Waals surface area contributed by atoms with E-state index in [1.807, 2.05) is 0 Å². The van der Waals surface area contributed by atoms with E-state index in [4.69, 9.17) is 0 Å². The molecule has 11 heavy (non-hydrogen) atoms. The number of rotatable bonds is 0. The molecule has 1 nitrogen and oxygen atoms in total. The van der Waals surface area contributed by atoms with Crippen molar-refractivity contribution in [2.45, 2.75) is 27.2 Å². The molecule has 4 atom stereocenters. The minimum absolute atomic E-state index is 0.344. The lowest BCUT2D eigenvalue weighted by molar-refractivity contribution is -0.122. The van der Waals surface area contributed by atoms with E-state index in [0.29, 0.717) is 28.4 Å². The summed E-state index contributed by atoms with van der Waals surface area (Å²) in [5.41, 5.74) is 0.793. The lowest BCUT2D eigenvalue weighted by atomic mass is 9.83. The Bertz CT molecular complexity index is 266. The first-order chi connectivity index (χ1) is 4.99. The fourth-order valence-electron chi connectivity index (χ4n) is 4.19. The number of carbonyl (C=O) groups is 1. The highest BCUT2D eigenvalue weighted by molar-refractivity contribution is 5.95. The Morgan fingerprint density at radius 3 is 2.09 bits per heavy atom. The lowest BCUT2D eigenvalue weighted by Crippen LogP contribution is -2.19. The van der Waals surface area contributed by atoms with Crippen LogP contribution in [0.5, 0.6) is 0 Å². The van der Waals surface area contributed by atoms with Crippen molar-refractivity contribution in [2.75, 3.05) is 0 Å². The maximum Gasteiger partial charge on any atom is 0.140 e. The highest BCUT2D eigenvalue weighted by Gasteiger charge is 2.83. The van der Waals surface area contributed by atoms with Gasteiger partial charge in [-0.25, -0.2) is 0 Å². The zero-order chi connectivity index (χ0) is 8.02. The summed E-state index contributed by atoms with van der Waals surface area (Å²) in [6, 6.07) is 0. The summed E-state index contributed by atoms with van der Waals surface area (Å²) in [6.45, 7) is 6.85. The van der Waals surface area contributed by atoms with Crippen LogP contribution in [0.25, 0.3) is 0 Å². The Hall–Kier alpha value is -0.330. The molecule has 4 rings (SSSR count). The van der Waals surface area contributed by atoms with Gasteiger partial charge in [0.05, 0.1) is 0 Å². The first-order valence-corrected chi connectivity index (χ1v) is 4.53. The predicted molar refractivity (Wildman–Crippen MR) is 42.0 cm³/mol. The molecule has 4 aliphatic rings. The molecule has 4 fully saturated rings. The van der Waals surface area contributed by atoms with Crippen molar-refractivity contribution in [1.82, 2.24) is 0 Å². The summed E-state index contributed by atoms with van der Waals surface area (Å²) >= 11 is 0. The first-order valence-electron chi connectivity index (χ1n) is 4.53. The number of carbonyl (C=O) groups excluding carboxylic acids is 1. The van der Waals surface area contributed by atoms with Gasteiger partial charge in [-0.15, -0.1) is 0 Å². The molecule has 0 aromatic carbocycles. The molecule has 4 saturated carbocycles. The van der Waals surface area contributed by atoms with Crippen LogP contribution in [0.2, 0.25) is 0 Å². The van der Waals surface area contributed by atoms with Crippen LogP contribution in [0.4, 0.5) is 0 Å². The highest BCUT2D eigenvalue weighted by Crippen LogP contribution is 2.83. The Morgan fingerprint density at radius 2 is 2.00 bits per heavy atom. The van der Waals surface area contributed by atoms with Crippen molar-refractivity contribution in [3.05, 3.63) is 0 Å². The van der Waals surface area contributed by atoms with Crippen LogP contribution in [0.3, 0.4) is 0 Å². The molecule has 0 saturated heterocycles. The molecular formula is C10H14O. The molecule has 4 aliphatic carbocycles. The molecule has 0 aromatic heterocycles. The monoisotopic (exact) mass is 150 g/mol. The summed E-state index contributed by atoms with van der Waals surface area (Å²) in [7, 11) is 0. The number of Topliss-reactive ketones (excluding diaryl/α,β-unsaturated/α-hetero) is 1. The molecule has 60 valence electrons. The van der Waals surface area contributed by atoms with Crippen LogP contribution in [-0.4, -0.2) is 5.78 Å². The van der Waals surface area contributed by atoms with E-state index in [0.717, 1.165) is 5.92 Å². The zero-order valence-electron chi connectivity index (χ0n) is 7.35. The molecule has 0 amide bonds. The average Bonchev–Trinajstić information content (AvgIpc) is 2.24. The molecule has 1 heteroatoms. The minimum Gasteiger partial charge on any atom is -0.299 e. The highest BCUT2D eigenvalue weighted by atomic mass is 16.1. The Morgan fingerprint density at radius 1 is 1.36 bits per heavy atom. The van der Waals surface area contributed by atoms with Crippen LogP contribution >= 0.6 is 0 Å². The van der Waals surface area contributed by atoms with E-state index in [1.54, 1.807) is 0 Å². The van der Waals surface area contributed by atoms with Crippen LogP contribution in [0, 0.1) is 28.6 Å². The van der Waals surface area contributed by atoms with Gasteiger partial charge in [0.1, 0.15) is 5.78 Å². The molecule has 0 spiro atoms. The van der Waals surface area contributed by atoms with Gasteiger partial charge in [-0.1, -0.05) is 20.8 Å². The smallest absolute Gasteiger partial charge is 0.140 e. The van der Waals surface area contributed by atoms with Crippen molar-refractivity contribution >= 4 is 5.78 Å². The number of ketones is 1. The molecular weight excluding hydrogens is 136 g/mol. The predicted octanol–water partition coefficient (Wildman–Crippen LogP) is 1.87. The Balaban J connectivity index is 2.19.